The van der Waals surface area contributed by atoms with E-state index in [9.17, 15) is 14.7 Å². The number of primary amides is 1. The molecule has 1 amide bonds. The fourth-order valence-electron chi connectivity index (χ4n) is 0.954. The van der Waals surface area contributed by atoms with Gasteiger partial charge in [0.05, 0.1) is 12.0 Å². The number of nitrogens with two attached hydrogens (primary N) is 1. The number of phenols is 1. The Morgan fingerprint density at radius 2 is 2.27 bits per heavy atom. The minimum Gasteiger partial charge on any atom is -0.507 e. The zero-order chi connectivity index (χ0) is 11.3. The molecule has 1 aromatic carbocycles. The number of carbonyl (C=O) groups is 2. The van der Waals surface area contributed by atoms with E-state index in [1.165, 1.54) is 12.1 Å². The molecule has 4 heteroatoms. The van der Waals surface area contributed by atoms with Crippen LogP contribution in [0.2, 0.25) is 0 Å². The number of rotatable bonds is 2. The molecule has 4 nitrogen and oxygen atoms in total. The van der Waals surface area contributed by atoms with Gasteiger partial charge in [0.2, 0.25) is 5.91 Å². The van der Waals surface area contributed by atoms with E-state index in [0.29, 0.717) is 11.8 Å². The molecule has 0 radical (unpaired) electrons. The van der Waals surface area contributed by atoms with Crippen LogP contribution in [0.3, 0.4) is 0 Å². The maximum atomic E-state index is 10.4. The monoisotopic (exact) mass is 203 g/mol. The number of aldehydes is 1. The summed E-state index contributed by atoms with van der Waals surface area (Å²) in [7, 11) is 0. The summed E-state index contributed by atoms with van der Waals surface area (Å²) in [5.41, 5.74) is 5.63. The van der Waals surface area contributed by atoms with Crippen molar-refractivity contribution in [1.29, 1.82) is 0 Å². The van der Waals surface area contributed by atoms with E-state index in [0.717, 1.165) is 0 Å². The van der Waals surface area contributed by atoms with Gasteiger partial charge in [0.25, 0.3) is 0 Å². The minimum absolute atomic E-state index is 0.0316. The fraction of sp³-hybridized carbons (Fsp3) is 0.0909. The fourth-order valence-corrected chi connectivity index (χ4v) is 0.954. The maximum absolute atomic E-state index is 10.4. The average molecular weight is 203 g/mol. The third-order valence-corrected chi connectivity index (χ3v) is 1.65. The molecule has 76 valence electrons. The van der Waals surface area contributed by atoms with Gasteiger partial charge in [-0.3, -0.25) is 9.59 Å². The second-order valence-corrected chi connectivity index (χ2v) is 2.84. The van der Waals surface area contributed by atoms with Crippen LogP contribution in [-0.4, -0.2) is 17.3 Å². The van der Waals surface area contributed by atoms with Gasteiger partial charge in [-0.1, -0.05) is 11.8 Å². The average Bonchev–Trinajstić information content (AvgIpc) is 2.17. The van der Waals surface area contributed by atoms with Crippen LogP contribution in [-0.2, 0) is 4.79 Å². The third-order valence-electron chi connectivity index (χ3n) is 1.65. The first-order valence-corrected chi connectivity index (χ1v) is 4.19. The topological polar surface area (TPSA) is 80.4 Å². The van der Waals surface area contributed by atoms with Crippen molar-refractivity contribution in [3.63, 3.8) is 0 Å². The Hall–Kier alpha value is -2.28. The summed E-state index contributed by atoms with van der Waals surface area (Å²) >= 11 is 0. The molecular formula is C11H9NO3. The van der Waals surface area contributed by atoms with E-state index in [1.807, 2.05) is 0 Å². The summed E-state index contributed by atoms with van der Waals surface area (Å²) in [6.45, 7) is 0. The maximum Gasteiger partial charge on any atom is 0.229 e. The first-order chi connectivity index (χ1) is 7.13. The molecule has 0 aliphatic heterocycles. The summed E-state index contributed by atoms with van der Waals surface area (Å²) in [4.78, 5) is 20.8. The number of hydrogen-bond donors (Lipinski definition) is 2. The van der Waals surface area contributed by atoms with Crippen molar-refractivity contribution < 1.29 is 14.7 Å². The molecule has 0 aliphatic rings. The molecule has 0 fully saturated rings. The van der Waals surface area contributed by atoms with Gasteiger partial charge in [-0.2, -0.15) is 0 Å². The van der Waals surface area contributed by atoms with E-state index in [1.54, 1.807) is 6.07 Å². The van der Waals surface area contributed by atoms with Crippen molar-refractivity contribution in [3.05, 3.63) is 29.3 Å². The molecule has 1 rings (SSSR count). The summed E-state index contributed by atoms with van der Waals surface area (Å²) in [6, 6.07) is 4.39. The zero-order valence-corrected chi connectivity index (χ0v) is 7.86. The van der Waals surface area contributed by atoms with E-state index in [-0.39, 0.29) is 17.7 Å². The van der Waals surface area contributed by atoms with E-state index >= 15 is 0 Å². The van der Waals surface area contributed by atoms with Crippen molar-refractivity contribution in [2.24, 2.45) is 5.73 Å². The first-order valence-electron chi connectivity index (χ1n) is 4.19. The number of benzene rings is 1. The first kappa shape index (κ1) is 10.8. The Kier molecular flexibility index (Phi) is 3.47. The van der Waals surface area contributed by atoms with Gasteiger partial charge in [-0.05, 0) is 18.2 Å². The Balaban J connectivity index is 2.87. The van der Waals surface area contributed by atoms with Crippen LogP contribution in [0.15, 0.2) is 18.2 Å². The molecular weight excluding hydrogens is 194 g/mol. The Bertz CT molecular complexity index is 455. The van der Waals surface area contributed by atoms with Gasteiger partial charge in [-0.25, -0.2) is 0 Å². The van der Waals surface area contributed by atoms with Crippen LogP contribution < -0.4 is 5.73 Å². The SMILES string of the molecule is NC(=O)CC#Cc1ccc(C=O)c(O)c1. The highest BCUT2D eigenvalue weighted by molar-refractivity contribution is 5.79. The van der Waals surface area contributed by atoms with Gasteiger partial charge < -0.3 is 10.8 Å². The molecule has 15 heavy (non-hydrogen) atoms. The van der Waals surface area contributed by atoms with Crippen LogP contribution in [0.25, 0.3) is 0 Å². The van der Waals surface area contributed by atoms with Crippen molar-refractivity contribution in [2.75, 3.05) is 0 Å². The number of amides is 1. The minimum atomic E-state index is -0.503. The second-order valence-electron chi connectivity index (χ2n) is 2.84. The molecule has 3 N–H and O–H groups in total. The summed E-state index contributed by atoms with van der Waals surface area (Å²) < 4.78 is 0. The Morgan fingerprint density at radius 1 is 1.53 bits per heavy atom. The molecule has 0 unspecified atom stereocenters. The van der Waals surface area contributed by atoms with Crippen molar-refractivity contribution in [1.82, 2.24) is 0 Å². The molecule has 0 heterocycles. The normalized spacial score (nSPS) is 8.80. The van der Waals surface area contributed by atoms with Gasteiger partial charge >= 0.3 is 0 Å². The van der Waals surface area contributed by atoms with Crippen molar-refractivity contribution in [2.45, 2.75) is 6.42 Å². The van der Waals surface area contributed by atoms with Gasteiger partial charge in [0, 0.05) is 5.56 Å². The molecule has 0 saturated heterocycles. The Labute approximate surface area is 86.7 Å². The van der Waals surface area contributed by atoms with Crippen LogP contribution in [0.5, 0.6) is 5.75 Å². The summed E-state index contributed by atoms with van der Waals surface area (Å²) in [5, 5.41) is 9.31. The summed E-state index contributed by atoms with van der Waals surface area (Å²) in [6.07, 6.45) is 0.520. The van der Waals surface area contributed by atoms with Crippen LogP contribution in [0.4, 0.5) is 0 Å². The number of carbonyl (C=O) groups excluding carboxylic acids is 2. The standard InChI is InChI=1S/C11H9NO3/c12-11(15)3-1-2-8-4-5-9(7-13)10(14)6-8/h4-7,14H,3H2,(H2,12,15). The number of phenolic OH excluding ortho intramolecular Hbond substituents is 1. The largest absolute Gasteiger partial charge is 0.507 e. The lowest BCUT2D eigenvalue weighted by Crippen LogP contribution is -2.08. The summed E-state index contributed by atoms with van der Waals surface area (Å²) in [5.74, 6) is 4.55. The van der Waals surface area contributed by atoms with Crippen LogP contribution >= 0.6 is 0 Å². The molecule has 0 aliphatic carbocycles. The molecule has 0 atom stereocenters. The van der Waals surface area contributed by atoms with Crippen molar-refractivity contribution >= 4 is 12.2 Å². The molecule has 0 spiro atoms. The van der Waals surface area contributed by atoms with E-state index < -0.39 is 5.91 Å². The predicted octanol–water partition coefficient (Wildman–Crippen LogP) is 0.432. The zero-order valence-electron chi connectivity index (χ0n) is 7.86. The predicted molar refractivity (Wildman–Crippen MR) is 54.2 cm³/mol. The van der Waals surface area contributed by atoms with E-state index in [4.69, 9.17) is 5.73 Å². The number of aromatic hydroxyl groups is 1. The lowest BCUT2D eigenvalue weighted by atomic mass is 10.1. The Morgan fingerprint density at radius 3 is 2.80 bits per heavy atom. The van der Waals surface area contributed by atoms with Crippen LogP contribution in [0.1, 0.15) is 22.3 Å². The van der Waals surface area contributed by atoms with Gasteiger partial charge in [0.15, 0.2) is 6.29 Å². The highest BCUT2D eigenvalue weighted by Crippen LogP contribution is 2.15. The quantitative estimate of drug-likeness (QED) is 0.540. The smallest absolute Gasteiger partial charge is 0.229 e. The second kappa shape index (κ2) is 4.82. The van der Waals surface area contributed by atoms with Crippen LogP contribution in [0, 0.1) is 11.8 Å². The molecule has 0 saturated carbocycles. The third kappa shape index (κ3) is 3.16. The molecule has 0 bridgehead atoms. The van der Waals surface area contributed by atoms with Gasteiger partial charge in [0.1, 0.15) is 5.75 Å². The van der Waals surface area contributed by atoms with E-state index in [2.05, 4.69) is 11.8 Å². The van der Waals surface area contributed by atoms with Crippen molar-refractivity contribution in [3.8, 4) is 17.6 Å². The lowest BCUT2D eigenvalue weighted by Gasteiger charge is -1.96. The lowest BCUT2D eigenvalue weighted by molar-refractivity contribution is -0.117. The molecule has 0 aromatic heterocycles. The highest BCUT2D eigenvalue weighted by atomic mass is 16.3. The number of hydrogen-bond acceptors (Lipinski definition) is 3. The highest BCUT2D eigenvalue weighted by Gasteiger charge is 1.99. The van der Waals surface area contributed by atoms with Gasteiger partial charge in [-0.15, -0.1) is 0 Å². The molecule has 1 aromatic rings.